The first-order valence-corrected chi connectivity index (χ1v) is 8.07. The van der Waals surface area contributed by atoms with Crippen LogP contribution in [0.5, 0.6) is 11.5 Å². The van der Waals surface area contributed by atoms with Crippen LogP contribution in [-0.4, -0.2) is 29.8 Å². The van der Waals surface area contributed by atoms with Gasteiger partial charge in [0.25, 0.3) is 6.47 Å². The molecular weight excluding hydrogens is 348 g/mol. The summed E-state index contributed by atoms with van der Waals surface area (Å²) in [5.41, 5.74) is 3.07. The summed E-state index contributed by atoms with van der Waals surface area (Å²) in [6.45, 7) is 4.05. The SMILES string of the molecule is COc1cc(/C=C(OC=O)\C(=C/c2ccc(C)c(C)c2)C(=O)O)ccc1O. The number of phenolic OH excluding ortho intramolecular Hbond substituents is 1. The Morgan fingerprint density at radius 3 is 2.26 bits per heavy atom. The molecule has 2 N–H and O–H groups in total. The Kier molecular flexibility index (Phi) is 6.38. The fourth-order valence-electron chi connectivity index (χ4n) is 2.42. The van der Waals surface area contributed by atoms with Crippen molar-refractivity contribution in [3.63, 3.8) is 0 Å². The first kappa shape index (κ1) is 19.8. The molecule has 0 amide bonds. The molecule has 0 spiro atoms. The lowest BCUT2D eigenvalue weighted by molar-refractivity contribution is -0.132. The molecule has 0 aromatic heterocycles. The molecule has 0 saturated heterocycles. The summed E-state index contributed by atoms with van der Waals surface area (Å²) in [5, 5.41) is 19.3. The van der Waals surface area contributed by atoms with Crippen LogP contribution < -0.4 is 4.74 Å². The fourth-order valence-corrected chi connectivity index (χ4v) is 2.42. The lowest BCUT2D eigenvalue weighted by atomic mass is 10.0. The first-order valence-electron chi connectivity index (χ1n) is 8.07. The van der Waals surface area contributed by atoms with Crippen molar-refractivity contribution in [3.8, 4) is 11.5 Å². The number of benzene rings is 2. The summed E-state index contributed by atoms with van der Waals surface area (Å²) >= 11 is 0. The molecule has 0 unspecified atom stereocenters. The van der Waals surface area contributed by atoms with E-state index in [0.29, 0.717) is 11.1 Å². The monoisotopic (exact) mass is 368 g/mol. The Morgan fingerprint density at radius 1 is 1.00 bits per heavy atom. The third-order valence-electron chi connectivity index (χ3n) is 4.01. The van der Waals surface area contributed by atoms with E-state index in [2.05, 4.69) is 0 Å². The maximum Gasteiger partial charge on any atom is 0.339 e. The predicted molar refractivity (Wildman–Crippen MR) is 101 cm³/mol. The number of rotatable bonds is 7. The minimum Gasteiger partial charge on any atom is -0.504 e. The zero-order valence-corrected chi connectivity index (χ0v) is 15.2. The molecule has 0 radical (unpaired) electrons. The number of phenols is 1. The molecule has 0 aliphatic heterocycles. The van der Waals surface area contributed by atoms with Crippen molar-refractivity contribution in [3.05, 3.63) is 70.0 Å². The third kappa shape index (κ3) is 4.98. The molecule has 0 aliphatic carbocycles. The van der Waals surface area contributed by atoms with E-state index in [-0.39, 0.29) is 29.3 Å². The van der Waals surface area contributed by atoms with E-state index in [4.69, 9.17) is 9.47 Å². The molecular formula is C21H20O6. The molecule has 6 heteroatoms. The van der Waals surface area contributed by atoms with E-state index in [1.807, 2.05) is 26.0 Å². The summed E-state index contributed by atoms with van der Waals surface area (Å²) in [5.74, 6) is -1.23. The zero-order valence-electron chi connectivity index (χ0n) is 15.2. The molecule has 2 rings (SSSR count). The zero-order chi connectivity index (χ0) is 20.0. The van der Waals surface area contributed by atoms with E-state index < -0.39 is 5.97 Å². The van der Waals surface area contributed by atoms with Gasteiger partial charge < -0.3 is 19.7 Å². The summed E-state index contributed by atoms with van der Waals surface area (Å²) in [4.78, 5) is 22.7. The predicted octanol–water partition coefficient (Wildman–Crippen LogP) is 3.70. The second-order valence-corrected chi connectivity index (χ2v) is 5.86. The van der Waals surface area contributed by atoms with Gasteiger partial charge in [-0.2, -0.15) is 0 Å². The second kappa shape index (κ2) is 8.71. The highest BCUT2D eigenvalue weighted by Crippen LogP contribution is 2.28. The average molecular weight is 368 g/mol. The molecule has 0 heterocycles. The molecule has 0 bridgehead atoms. The molecule has 2 aromatic rings. The summed E-state index contributed by atoms with van der Waals surface area (Å²) in [6, 6.07) is 9.96. The lowest BCUT2D eigenvalue weighted by Gasteiger charge is -2.09. The number of aromatic hydroxyl groups is 1. The Labute approximate surface area is 157 Å². The molecule has 0 fully saturated rings. The number of carboxylic acid groups (broad SMARTS) is 1. The van der Waals surface area contributed by atoms with Gasteiger partial charge in [0.2, 0.25) is 0 Å². The van der Waals surface area contributed by atoms with E-state index in [1.165, 1.54) is 31.4 Å². The van der Waals surface area contributed by atoms with Gasteiger partial charge in [0.1, 0.15) is 11.3 Å². The van der Waals surface area contributed by atoms with Crippen LogP contribution in [0.25, 0.3) is 12.2 Å². The smallest absolute Gasteiger partial charge is 0.339 e. The number of methoxy groups -OCH3 is 1. The highest BCUT2D eigenvalue weighted by atomic mass is 16.5. The van der Waals surface area contributed by atoms with Crippen molar-refractivity contribution >= 4 is 24.6 Å². The van der Waals surface area contributed by atoms with Gasteiger partial charge >= 0.3 is 5.97 Å². The number of carbonyl (C=O) groups excluding carboxylic acids is 1. The van der Waals surface area contributed by atoms with Gasteiger partial charge in [-0.3, -0.25) is 4.79 Å². The number of aliphatic carboxylic acids is 1. The number of ether oxygens (including phenoxy) is 2. The van der Waals surface area contributed by atoms with Crippen LogP contribution in [0.15, 0.2) is 47.7 Å². The molecule has 0 aliphatic rings. The van der Waals surface area contributed by atoms with E-state index in [1.54, 1.807) is 12.1 Å². The molecule has 6 nitrogen and oxygen atoms in total. The molecule has 0 atom stereocenters. The highest BCUT2D eigenvalue weighted by molar-refractivity contribution is 5.98. The van der Waals surface area contributed by atoms with Crippen LogP contribution >= 0.6 is 0 Å². The molecule has 2 aromatic carbocycles. The van der Waals surface area contributed by atoms with E-state index >= 15 is 0 Å². The minimum atomic E-state index is -1.24. The third-order valence-corrected chi connectivity index (χ3v) is 4.01. The van der Waals surface area contributed by atoms with Crippen LogP contribution in [-0.2, 0) is 14.3 Å². The van der Waals surface area contributed by atoms with Gasteiger partial charge in [-0.25, -0.2) is 4.79 Å². The van der Waals surface area contributed by atoms with Gasteiger partial charge in [-0.15, -0.1) is 0 Å². The van der Waals surface area contributed by atoms with Crippen LogP contribution in [0, 0.1) is 13.8 Å². The Morgan fingerprint density at radius 2 is 1.67 bits per heavy atom. The quantitative estimate of drug-likeness (QED) is 0.335. The van der Waals surface area contributed by atoms with E-state index in [9.17, 15) is 19.8 Å². The number of hydrogen-bond donors (Lipinski definition) is 2. The normalized spacial score (nSPS) is 11.8. The van der Waals surface area contributed by atoms with Crippen LogP contribution in [0.1, 0.15) is 22.3 Å². The Hall–Kier alpha value is -3.54. The number of carboxylic acids is 1. The number of hydrogen-bond acceptors (Lipinski definition) is 5. The Bertz CT molecular complexity index is 924. The van der Waals surface area contributed by atoms with Gasteiger partial charge in [0.05, 0.1) is 7.11 Å². The van der Waals surface area contributed by atoms with Crippen LogP contribution in [0.4, 0.5) is 0 Å². The topological polar surface area (TPSA) is 93.1 Å². The Balaban J connectivity index is 2.55. The maximum atomic E-state index is 11.8. The molecule has 27 heavy (non-hydrogen) atoms. The van der Waals surface area contributed by atoms with Crippen molar-refractivity contribution in [2.45, 2.75) is 13.8 Å². The van der Waals surface area contributed by atoms with Crippen molar-refractivity contribution in [1.29, 1.82) is 0 Å². The van der Waals surface area contributed by atoms with Crippen molar-refractivity contribution in [2.75, 3.05) is 7.11 Å². The minimum absolute atomic E-state index is 0.0587. The lowest BCUT2D eigenvalue weighted by Crippen LogP contribution is -2.06. The first-order chi connectivity index (χ1) is 12.8. The van der Waals surface area contributed by atoms with Crippen LogP contribution in [0.2, 0.25) is 0 Å². The van der Waals surface area contributed by atoms with Gasteiger partial charge in [-0.1, -0.05) is 24.3 Å². The van der Waals surface area contributed by atoms with Gasteiger partial charge in [-0.05, 0) is 60.4 Å². The van der Waals surface area contributed by atoms with Gasteiger partial charge in [0, 0.05) is 0 Å². The van der Waals surface area contributed by atoms with Crippen molar-refractivity contribution < 1.29 is 29.3 Å². The molecule has 0 saturated carbocycles. The van der Waals surface area contributed by atoms with Crippen LogP contribution in [0.3, 0.4) is 0 Å². The van der Waals surface area contributed by atoms with Crippen molar-refractivity contribution in [1.82, 2.24) is 0 Å². The number of carbonyl (C=O) groups is 2. The fraction of sp³-hybridized carbons (Fsp3) is 0.143. The highest BCUT2D eigenvalue weighted by Gasteiger charge is 2.16. The summed E-state index contributed by atoms with van der Waals surface area (Å²) in [7, 11) is 1.40. The maximum absolute atomic E-state index is 11.8. The summed E-state index contributed by atoms with van der Waals surface area (Å²) < 4.78 is 9.96. The average Bonchev–Trinajstić information content (AvgIpc) is 2.63. The van der Waals surface area contributed by atoms with E-state index in [0.717, 1.165) is 11.1 Å². The number of aryl methyl sites for hydroxylation is 2. The standard InChI is InChI=1S/C21H20O6/c1-13-4-5-15(8-14(13)2)9-17(21(24)25)19(27-12-22)10-16-6-7-18(23)20(11-16)26-3/h4-12,23H,1-3H3,(H,24,25)/b17-9+,19-10+. The molecule has 140 valence electrons. The second-order valence-electron chi connectivity index (χ2n) is 5.86. The summed E-state index contributed by atoms with van der Waals surface area (Å²) in [6.07, 6.45) is 2.82. The largest absolute Gasteiger partial charge is 0.504 e. The van der Waals surface area contributed by atoms with Gasteiger partial charge in [0.15, 0.2) is 11.5 Å². The van der Waals surface area contributed by atoms with Crippen molar-refractivity contribution in [2.24, 2.45) is 0 Å².